The van der Waals surface area contributed by atoms with Gasteiger partial charge in [0, 0.05) is 24.1 Å². The average Bonchev–Trinajstić information content (AvgIpc) is 3.28. The van der Waals surface area contributed by atoms with Crippen LogP contribution in [0, 0.1) is 20.8 Å². The van der Waals surface area contributed by atoms with Crippen LogP contribution >= 0.6 is 0 Å². The number of carbonyl (C=O) groups is 1. The van der Waals surface area contributed by atoms with E-state index in [0.717, 1.165) is 40.9 Å². The molecule has 0 radical (unpaired) electrons. The number of ether oxygens (including phenoxy) is 1. The molecule has 2 atom stereocenters. The van der Waals surface area contributed by atoms with Crippen molar-refractivity contribution in [2.24, 2.45) is 5.73 Å². The molecule has 0 saturated heterocycles. The van der Waals surface area contributed by atoms with E-state index >= 15 is 0 Å². The van der Waals surface area contributed by atoms with Gasteiger partial charge in [-0.3, -0.25) is 4.79 Å². The van der Waals surface area contributed by atoms with Gasteiger partial charge < -0.3 is 30.1 Å². The molecule has 0 aliphatic carbocycles. The number of aliphatic hydroxyl groups is 2. The second-order valence-electron chi connectivity index (χ2n) is 9.02. The summed E-state index contributed by atoms with van der Waals surface area (Å²) in [6, 6.07) is 10.0. The van der Waals surface area contributed by atoms with Crippen LogP contribution in [0.3, 0.4) is 0 Å². The monoisotopic (exact) mass is 482 g/mol. The van der Waals surface area contributed by atoms with Crippen molar-refractivity contribution in [1.82, 2.24) is 15.0 Å². The lowest BCUT2D eigenvalue weighted by Crippen LogP contribution is -2.33. The molecule has 35 heavy (non-hydrogen) atoms. The molecule has 4 N–H and O–H groups in total. The third-order valence-electron chi connectivity index (χ3n) is 5.76. The van der Waals surface area contributed by atoms with Gasteiger partial charge in [0.1, 0.15) is 18.5 Å². The lowest BCUT2D eigenvalue weighted by molar-refractivity contribution is -0.127. The van der Waals surface area contributed by atoms with E-state index in [2.05, 4.69) is 41.1 Å². The van der Waals surface area contributed by atoms with Gasteiger partial charge >= 0.3 is 0 Å². The Morgan fingerprint density at radius 2 is 1.80 bits per heavy atom. The van der Waals surface area contributed by atoms with Gasteiger partial charge in [-0.05, 0) is 75.3 Å². The first-order chi connectivity index (χ1) is 16.6. The summed E-state index contributed by atoms with van der Waals surface area (Å²) in [6.45, 7) is 9.65. The van der Waals surface area contributed by atoms with Gasteiger partial charge in [-0.15, -0.1) is 0 Å². The Balaban J connectivity index is 1.77. The van der Waals surface area contributed by atoms with Crippen molar-refractivity contribution in [3.05, 3.63) is 52.6 Å². The maximum absolute atomic E-state index is 11.0. The molecule has 3 aromatic rings. The highest BCUT2D eigenvalue weighted by Gasteiger charge is 2.19. The molecule has 0 spiro atoms. The molecule has 9 heteroatoms. The van der Waals surface area contributed by atoms with Gasteiger partial charge in [0.15, 0.2) is 0 Å². The number of aryl methyl sites for hydroxylation is 3. The molecule has 1 aromatic heterocycles. The molecule has 2 aromatic carbocycles. The normalized spacial score (nSPS) is 13.1. The number of amides is 1. The second kappa shape index (κ2) is 11.4. The van der Waals surface area contributed by atoms with E-state index in [0.29, 0.717) is 17.5 Å². The van der Waals surface area contributed by atoms with Crippen LogP contribution in [-0.4, -0.2) is 63.6 Å². The molecule has 0 aliphatic heterocycles. The zero-order chi connectivity index (χ0) is 25.7. The van der Waals surface area contributed by atoms with Gasteiger partial charge in [-0.1, -0.05) is 23.7 Å². The average molecular weight is 483 g/mol. The fourth-order valence-corrected chi connectivity index (χ4v) is 3.89. The Hall–Kier alpha value is -3.27. The molecule has 188 valence electrons. The number of aliphatic hydroxyl groups excluding tert-OH is 2. The van der Waals surface area contributed by atoms with Crippen LogP contribution < -0.4 is 10.5 Å². The van der Waals surface area contributed by atoms with Gasteiger partial charge in [-0.2, -0.15) is 4.98 Å². The highest BCUT2D eigenvalue weighted by atomic mass is 16.5. The first kappa shape index (κ1) is 26.3. The number of nitrogens with two attached hydrogens (primary N) is 1. The summed E-state index contributed by atoms with van der Waals surface area (Å²) in [4.78, 5) is 17.8. The Morgan fingerprint density at radius 3 is 2.43 bits per heavy atom. The largest absolute Gasteiger partial charge is 0.490 e. The third-order valence-corrected chi connectivity index (χ3v) is 5.76. The second-order valence-corrected chi connectivity index (χ2v) is 9.02. The zero-order valence-electron chi connectivity index (χ0n) is 20.9. The highest BCUT2D eigenvalue weighted by Crippen LogP contribution is 2.31. The number of hydrogen-bond donors (Lipinski definition) is 3. The van der Waals surface area contributed by atoms with Crippen molar-refractivity contribution in [1.29, 1.82) is 0 Å². The fraction of sp³-hybridized carbons (Fsp3) is 0.423. The van der Waals surface area contributed by atoms with E-state index in [1.165, 1.54) is 5.56 Å². The van der Waals surface area contributed by atoms with Crippen molar-refractivity contribution in [3.8, 4) is 28.6 Å². The number of hydrogen-bond acceptors (Lipinski definition) is 8. The van der Waals surface area contributed by atoms with Crippen molar-refractivity contribution >= 4 is 5.91 Å². The van der Waals surface area contributed by atoms with Crippen LogP contribution in [-0.2, 0) is 11.3 Å². The Bertz CT molecular complexity index is 1150. The number of primary amides is 1. The summed E-state index contributed by atoms with van der Waals surface area (Å²) < 4.78 is 11.4. The minimum Gasteiger partial charge on any atom is -0.490 e. The first-order valence-electron chi connectivity index (χ1n) is 11.6. The Labute approximate surface area is 205 Å². The van der Waals surface area contributed by atoms with Crippen LogP contribution in [0.2, 0.25) is 0 Å². The molecule has 0 saturated carbocycles. The molecular formula is C26H34N4O5. The number of carbonyl (C=O) groups excluding carboxylic acids is 1. The topological polar surface area (TPSA) is 135 Å². The maximum Gasteiger partial charge on any atom is 0.258 e. The smallest absolute Gasteiger partial charge is 0.258 e. The van der Waals surface area contributed by atoms with Crippen LogP contribution in [0.5, 0.6) is 5.75 Å². The van der Waals surface area contributed by atoms with Crippen molar-refractivity contribution in [3.63, 3.8) is 0 Å². The van der Waals surface area contributed by atoms with Crippen molar-refractivity contribution in [2.45, 2.75) is 52.9 Å². The first-order valence-corrected chi connectivity index (χ1v) is 11.6. The summed E-state index contributed by atoms with van der Waals surface area (Å²) in [5, 5.41) is 23.7. The maximum atomic E-state index is 11.0. The summed E-state index contributed by atoms with van der Waals surface area (Å²) in [6.07, 6.45) is -2.64. The standard InChI is InChI=1S/C26H34N4O5/c1-6-30(5)13-18-7-15(2)8-20(11-18)26-28-25(29-35-26)19-9-16(3)23(17(4)10-19)34-14-21(31)12-22(32)24(27)33/h7-11,21-22,31-32H,6,12-14H2,1-5H3,(H2,27,33)/t21-,22?/m0/s1. The molecule has 0 fully saturated rings. The number of benzene rings is 2. The number of rotatable bonds is 11. The predicted molar refractivity (Wildman–Crippen MR) is 133 cm³/mol. The summed E-state index contributed by atoms with van der Waals surface area (Å²) in [7, 11) is 2.08. The molecule has 1 amide bonds. The molecule has 0 aliphatic rings. The molecule has 0 bridgehead atoms. The summed E-state index contributed by atoms with van der Waals surface area (Å²) in [5.74, 6) is 0.649. The van der Waals surface area contributed by atoms with Crippen LogP contribution in [0.25, 0.3) is 22.8 Å². The molecule has 1 heterocycles. The van der Waals surface area contributed by atoms with Gasteiger partial charge in [0.05, 0.1) is 6.10 Å². The minimum absolute atomic E-state index is 0.0827. The molecule has 3 rings (SSSR count). The van der Waals surface area contributed by atoms with E-state index < -0.39 is 18.1 Å². The quantitative estimate of drug-likeness (QED) is 0.380. The number of aromatic nitrogens is 2. The summed E-state index contributed by atoms with van der Waals surface area (Å²) >= 11 is 0. The molecule has 1 unspecified atom stereocenters. The van der Waals surface area contributed by atoms with Gasteiger partial charge in [-0.25, -0.2) is 0 Å². The Kier molecular flexibility index (Phi) is 8.61. The highest BCUT2D eigenvalue weighted by molar-refractivity contribution is 5.78. The Morgan fingerprint density at radius 1 is 1.11 bits per heavy atom. The predicted octanol–water partition coefficient (Wildman–Crippen LogP) is 2.76. The lowest BCUT2D eigenvalue weighted by Gasteiger charge is -2.17. The van der Waals surface area contributed by atoms with Crippen LogP contribution in [0.1, 0.15) is 35.6 Å². The van der Waals surface area contributed by atoms with Crippen LogP contribution in [0.4, 0.5) is 0 Å². The fourth-order valence-electron chi connectivity index (χ4n) is 3.89. The van der Waals surface area contributed by atoms with E-state index in [9.17, 15) is 15.0 Å². The van der Waals surface area contributed by atoms with Crippen LogP contribution in [0.15, 0.2) is 34.9 Å². The third kappa shape index (κ3) is 6.88. The van der Waals surface area contributed by atoms with E-state index in [1.54, 1.807) is 0 Å². The van der Waals surface area contributed by atoms with Crippen molar-refractivity contribution < 1.29 is 24.3 Å². The lowest BCUT2D eigenvalue weighted by atomic mass is 10.0. The molecular weight excluding hydrogens is 448 g/mol. The van der Waals surface area contributed by atoms with E-state index in [4.69, 9.17) is 15.0 Å². The van der Waals surface area contributed by atoms with E-state index in [-0.39, 0.29) is 13.0 Å². The zero-order valence-corrected chi connectivity index (χ0v) is 20.9. The minimum atomic E-state index is -1.41. The SMILES string of the molecule is CCN(C)Cc1cc(C)cc(-c2nc(-c3cc(C)c(OC[C@@H](O)CC(O)C(N)=O)c(C)c3)no2)c1. The van der Waals surface area contributed by atoms with Gasteiger partial charge in [0.25, 0.3) is 5.89 Å². The van der Waals surface area contributed by atoms with Gasteiger partial charge in [0.2, 0.25) is 11.7 Å². The summed E-state index contributed by atoms with van der Waals surface area (Å²) in [5.41, 5.74) is 10.7. The molecule has 9 nitrogen and oxygen atoms in total. The van der Waals surface area contributed by atoms with E-state index in [1.807, 2.05) is 39.0 Å². The van der Waals surface area contributed by atoms with Crippen molar-refractivity contribution in [2.75, 3.05) is 20.2 Å². The number of nitrogens with zero attached hydrogens (tertiary/aromatic N) is 3.